The van der Waals surface area contributed by atoms with Gasteiger partial charge < -0.3 is 24.4 Å². The number of hydrogen-bond donors (Lipinski definition) is 1. The first-order valence-corrected chi connectivity index (χ1v) is 11.5. The fourth-order valence-corrected chi connectivity index (χ4v) is 3.94. The summed E-state index contributed by atoms with van der Waals surface area (Å²) in [6.45, 7) is 9.14. The molecule has 1 saturated heterocycles. The molecular formula is C28H32N2O5. The lowest BCUT2D eigenvalue weighted by atomic mass is 9.95. The summed E-state index contributed by atoms with van der Waals surface area (Å²) in [5, 5.41) is 11.2. The number of likely N-dealkylation sites (tertiary alicyclic amines) is 1. The highest BCUT2D eigenvalue weighted by molar-refractivity contribution is 6.46. The molecule has 1 aliphatic rings. The van der Waals surface area contributed by atoms with E-state index in [4.69, 9.17) is 9.47 Å². The maximum atomic E-state index is 13.1. The van der Waals surface area contributed by atoms with E-state index in [1.165, 1.54) is 0 Å². The molecule has 1 N–H and O–H groups in total. The summed E-state index contributed by atoms with van der Waals surface area (Å²) in [7, 11) is 3.91. The Labute approximate surface area is 206 Å². The van der Waals surface area contributed by atoms with Crippen LogP contribution >= 0.6 is 0 Å². The van der Waals surface area contributed by atoms with Crippen molar-refractivity contribution in [3.05, 3.63) is 90.5 Å². The van der Waals surface area contributed by atoms with Gasteiger partial charge in [-0.05, 0) is 69.0 Å². The first-order valence-electron chi connectivity index (χ1n) is 11.5. The van der Waals surface area contributed by atoms with Gasteiger partial charge in [0, 0.05) is 12.1 Å². The zero-order valence-corrected chi connectivity index (χ0v) is 20.3. The van der Waals surface area contributed by atoms with Crippen molar-refractivity contribution in [2.75, 3.05) is 40.4 Å². The second kappa shape index (κ2) is 12.0. The van der Waals surface area contributed by atoms with Crippen LogP contribution in [-0.2, 0) is 9.59 Å². The third-order valence-electron chi connectivity index (χ3n) is 5.60. The predicted molar refractivity (Wildman–Crippen MR) is 136 cm³/mol. The van der Waals surface area contributed by atoms with Gasteiger partial charge in [-0.2, -0.15) is 0 Å². The molecule has 35 heavy (non-hydrogen) atoms. The summed E-state index contributed by atoms with van der Waals surface area (Å²) < 4.78 is 11.1. The van der Waals surface area contributed by atoms with E-state index in [0.717, 1.165) is 6.54 Å². The van der Waals surface area contributed by atoms with Crippen LogP contribution in [0.15, 0.2) is 79.4 Å². The zero-order valence-electron chi connectivity index (χ0n) is 20.3. The highest BCUT2D eigenvalue weighted by Crippen LogP contribution is 2.40. The molecule has 0 aliphatic carbocycles. The van der Waals surface area contributed by atoms with Crippen molar-refractivity contribution in [3.63, 3.8) is 0 Å². The van der Waals surface area contributed by atoms with Crippen LogP contribution in [0.1, 0.15) is 23.6 Å². The van der Waals surface area contributed by atoms with E-state index >= 15 is 0 Å². The number of nitrogens with zero attached hydrogens (tertiary/aromatic N) is 2. The van der Waals surface area contributed by atoms with E-state index in [1.54, 1.807) is 53.5 Å². The number of rotatable bonds is 12. The minimum atomic E-state index is -0.706. The standard InChI is InChI=1S/C28H32N2O5/c1-5-18-34-22-12-8-20(9-13-22)25-24(27(32)28(33)30(25)17-7-16-29(3)4)26(31)21-10-14-23(15-11-21)35-19-6-2/h5-6,8-15,25,31H,1-2,7,16-19H2,3-4H3/b26-24+. The Kier molecular flexibility index (Phi) is 8.86. The largest absolute Gasteiger partial charge is 0.507 e. The summed E-state index contributed by atoms with van der Waals surface area (Å²) in [6, 6.07) is 13.2. The molecule has 2 aromatic rings. The average Bonchev–Trinajstić information content (AvgIpc) is 3.11. The topological polar surface area (TPSA) is 79.3 Å². The van der Waals surface area contributed by atoms with E-state index in [2.05, 4.69) is 13.2 Å². The van der Waals surface area contributed by atoms with Crippen molar-refractivity contribution in [2.45, 2.75) is 12.5 Å². The van der Waals surface area contributed by atoms with Crippen molar-refractivity contribution < 1.29 is 24.2 Å². The van der Waals surface area contributed by atoms with Gasteiger partial charge in [0.25, 0.3) is 11.7 Å². The molecule has 1 amide bonds. The van der Waals surface area contributed by atoms with Crippen molar-refractivity contribution in [1.82, 2.24) is 9.80 Å². The normalized spacial score (nSPS) is 17.0. The fourth-order valence-electron chi connectivity index (χ4n) is 3.94. The molecule has 1 aliphatic heterocycles. The van der Waals surface area contributed by atoms with Crippen LogP contribution in [-0.4, -0.2) is 67.0 Å². The zero-order chi connectivity index (χ0) is 25.4. The molecule has 2 aromatic carbocycles. The van der Waals surface area contributed by atoms with Gasteiger partial charge in [0.1, 0.15) is 30.5 Å². The molecule has 0 spiro atoms. The molecule has 0 bridgehead atoms. The Morgan fingerprint density at radius 2 is 1.51 bits per heavy atom. The molecule has 1 unspecified atom stereocenters. The first-order chi connectivity index (χ1) is 16.9. The predicted octanol–water partition coefficient (Wildman–Crippen LogP) is 4.19. The van der Waals surface area contributed by atoms with E-state index in [1.807, 2.05) is 31.1 Å². The Morgan fingerprint density at radius 1 is 0.971 bits per heavy atom. The first kappa shape index (κ1) is 25.8. The second-order valence-corrected chi connectivity index (χ2v) is 8.44. The summed E-state index contributed by atoms with van der Waals surface area (Å²) >= 11 is 0. The molecule has 0 aromatic heterocycles. The van der Waals surface area contributed by atoms with Crippen molar-refractivity contribution >= 4 is 17.4 Å². The molecule has 1 heterocycles. The Morgan fingerprint density at radius 3 is 2.03 bits per heavy atom. The molecule has 1 atom stereocenters. The van der Waals surface area contributed by atoms with Crippen LogP contribution in [0.5, 0.6) is 11.5 Å². The number of amides is 1. The van der Waals surface area contributed by atoms with E-state index in [-0.39, 0.29) is 11.3 Å². The minimum absolute atomic E-state index is 0.0689. The van der Waals surface area contributed by atoms with Crippen molar-refractivity contribution in [1.29, 1.82) is 0 Å². The lowest BCUT2D eigenvalue weighted by Crippen LogP contribution is -2.32. The number of benzene rings is 2. The highest BCUT2D eigenvalue weighted by atomic mass is 16.5. The lowest BCUT2D eigenvalue weighted by molar-refractivity contribution is -0.139. The maximum Gasteiger partial charge on any atom is 0.295 e. The highest BCUT2D eigenvalue weighted by Gasteiger charge is 2.45. The van der Waals surface area contributed by atoms with Gasteiger partial charge in [-0.1, -0.05) is 37.4 Å². The van der Waals surface area contributed by atoms with Crippen LogP contribution < -0.4 is 9.47 Å². The van der Waals surface area contributed by atoms with Crippen molar-refractivity contribution in [2.24, 2.45) is 0 Å². The number of aliphatic hydroxyl groups is 1. The number of hydrogen-bond acceptors (Lipinski definition) is 6. The molecule has 7 nitrogen and oxygen atoms in total. The summed E-state index contributed by atoms with van der Waals surface area (Å²) in [5.74, 6) is -0.277. The van der Waals surface area contributed by atoms with Crippen LogP contribution in [0.4, 0.5) is 0 Å². The second-order valence-electron chi connectivity index (χ2n) is 8.44. The Bertz CT molecular complexity index is 1090. The molecule has 0 radical (unpaired) electrons. The van der Waals surface area contributed by atoms with Crippen LogP contribution in [0, 0.1) is 0 Å². The van der Waals surface area contributed by atoms with E-state index in [9.17, 15) is 14.7 Å². The smallest absolute Gasteiger partial charge is 0.295 e. The molecule has 1 fully saturated rings. The number of Topliss-reactive ketones (excluding diaryl/α,β-unsaturated/α-hetero) is 1. The van der Waals surface area contributed by atoms with Crippen LogP contribution in [0.3, 0.4) is 0 Å². The quantitative estimate of drug-likeness (QED) is 0.214. The maximum absolute atomic E-state index is 13.1. The van der Waals surface area contributed by atoms with Gasteiger partial charge in [-0.15, -0.1) is 0 Å². The molecule has 7 heteroatoms. The number of carbonyl (C=O) groups is 2. The van der Waals surface area contributed by atoms with Gasteiger partial charge in [-0.3, -0.25) is 9.59 Å². The SMILES string of the molecule is C=CCOc1ccc(/C(O)=C2\C(=O)C(=O)N(CCCN(C)C)C2c2ccc(OCC=C)cc2)cc1. The molecule has 0 saturated carbocycles. The number of ketones is 1. The van der Waals surface area contributed by atoms with Crippen molar-refractivity contribution in [3.8, 4) is 11.5 Å². The third kappa shape index (κ3) is 6.19. The van der Waals surface area contributed by atoms with E-state index in [0.29, 0.717) is 48.8 Å². The molecular weight excluding hydrogens is 444 g/mol. The van der Waals surface area contributed by atoms with Crippen LogP contribution in [0.2, 0.25) is 0 Å². The van der Waals surface area contributed by atoms with E-state index < -0.39 is 17.7 Å². The van der Waals surface area contributed by atoms with Gasteiger partial charge >= 0.3 is 0 Å². The van der Waals surface area contributed by atoms with Gasteiger partial charge in [0.2, 0.25) is 0 Å². The summed E-state index contributed by atoms with van der Waals surface area (Å²) in [4.78, 5) is 29.7. The Hall–Kier alpha value is -3.84. The number of aliphatic hydroxyl groups excluding tert-OH is 1. The van der Waals surface area contributed by atoms with Gasteiger partial charge in [-0.25, -0.2) is 0 Å². The van der Waals surface area contributed by atoms with Gasteiger partial charge in [0.15, 0.2) is 0 Å². The third-order valence-corrected chi connectivity index (χ3v) is 5.60. The summed E-state index contributed by atoms with van der Waals surface area (Å²) in [6.07, 6.45) is 3.98. The van der Waals surface area contributed by atoms with Crippen LogP contribution in [0.25, 0.3) is 5.76 Å². The molecule has 184 valence electrons. The average molecular weight is 477 g/mol. The monoisotopic (exact) mass is 476 g/mol. The molecule has 3 rings (SSSR count). The number of ether oxygens (including phenoxy) is 2. The van der Waals surface area contributed by atoms with Gasteiger partial charge in [0.05, 0.1) is 11.6 Å². The lowest BCUT2D eigenvalue weighted by Gasteiger charge is -2.26. The summed E-state index contributed by atoms with van der Waals surface area (Å²) in [5.41, 5.74) is 1.21. The fraction of sp³-hybridized carbons (Fsp3) is 0.286. The Balaban J connectivity index is 2.00. The number of carbonyl (C=O) groups excluding carboxylic acids is 2. The minimum Gasteiger partial charge on any atom is -0.507 e.